The third-order valence-corrected chi connectivity index (χ3v) is 0. The monoisotopic (exact) mass is 253 g/mol. The quantitative estimate of drug-likeness (QED) is 0.416. The average molecular weight is 253 g/mol. The first kappa shape index (κ1) is 400. The van der Waals surface area contributed by atoms with Crippen LogP contribution in [0.3, 0.4) is 0 Å². The summed E-state index contributed by atoms with van der Waals surface area (Å²) in [6.45, 7) is 0. The predicted molar refractivity (Wildman–Crippen MR) is 5.98 cm³/mol. The Morgan fingerprint density at radius 3 is 0.429 bits per heavy atom. The first-order valence-corrected chi connectivity index (χ1v) is 0. The zero-order valence-electron chi connectivity index (χ0n) is 3.39. The van der Waals surface area contributed by atoms with Gasteiger partial charge >= 0.3 is 41.7 Å². The molecule has 0 saturated carbocycles. The van der Waals surface area contributed by atoms with Crippen molar-refractivity contribution in [2.24, 2.45) is 0 Å². The Bertz CT molecular complexity index is 8.04. The largest absolute Gasteiger partial charge is 4.00 e. The van der Waals surface area contributed by atoms with E-state index in [-0.39, 0.29) is 71.4 Å². The predicted octanol–water partition coefficient (Wildman–Crippen LogP) is -14.6. The van der Waals surface area contributed by atoms with Crippen LogP contribution < -0.4 is 29.7 Å². The molecule has 0 atom stereocenters. The molecule has 1 nitrogen and oxygen atoms in total. The van der Waals surface area contributed by atoms with Crippen molar-refractivity contribution in [2.75, 3.05) is 0 Å². The van der Waals surface area contributed by atoms with Crippen molar-refractivity contribution in [1.82, 2.24) is 6.15 Å². The van der Waals surface area contributed by atoms with Crippen LogP contribution in [-0.4, -0.2) is 0 Å². The maximum Gasteiger partial charge on any atom is 4.00 e. The molecule has 7 heteroatoms. The Hall–Kier alpha value is 0.987. The molecule has 0 spiro atoms. The van der Waals surface area contributed by atoms with E-state index in [1.807, 2.05) is 0 Å². The summed E-state index contributed by atoms with van der Waals surface area (Å²) < 4.78 is 0. The zero-order chi connectivity index (χ0) is 0. The van der Waals surface area contributed by atoms with E-state index < -0.39 is 0 Å². The van der Waals surface area contributed by atoms with Gasteiger partial charge in [0.15, 0.2) is 0 Å². The van der Waals surface area contributed by atoms with E-state index in [1.165, 1.54) is 0 Å². The van der Waals surface area contributed by atoms with E-state index in [4.69, 9.17) is 0 Å². The first-order valence-electron chi connectivity index (χ1n) is 0. The van der Waals surface area contributed by atoms with Crippen LogP contribution >= 0.6 is 0 Å². The molecule has 0 radical (unpaired) electrons. The summed E-state index contributed by atoms with van der Waals surface area (Å²) in [5.74, 6) is 0. The molecule has 0 amide bonds. The molecular formula is H4CeF5N. The van der Waals surface area contributed by atoms with Gasteiger partial charge in [0.1, 0.15) is 0 Å². The fourth-order valence-electron chi connectivity index (χ4n) is 0. The molecule has 0 aromatic carbocycles. The molecule has 7 heavy (non-hydrogen) atoms. The first-order chi connectivity index (χ1) is 0. The zero-order valence-corrected chi connectivity index (χ0v) is 6.53. The van der Waals surface area contributed by atoms with Gasteiger partial charge in [-0.15, -0.1) is 0 Å². The van der Waals surface area contributed by atoms with Crippen molar-refractivity contribution in [3.05, 3.63) is 0 Å². The van der Waals surface area contributed by atoms with E-state index >= 15 is 0 Å². The van der Waals surface area contributed by atoms with Gasteiger partial charge in [0.25, 0.3) is 0 Å². The number of rotatable bonds is 0. The van der Waals surface area contributed by atoms with Gasteiger partial charge in [0, 0.05) is 0 Å². The van der Waals surface area contributed by atoms with Gasteiger partial charge in [-0.05, 0) is 0 Å². The Morgan fingerprint density at radius 2 is 0.429 bits per heavy atom. The minimum Gasteiger partial charge on any atom is -1.00 e. The molecule has 0 aromatic heterocycles. The van der Waals surface area contributed by atoms with E-state index in [9.17, 15) is 0 Å². The summed E-state index contributed by atoms with van der Waals surface area (Å²) in [7, 11) is 0. The third kappa shape index (κ3) is 178. The maximum atomic E-state index is 0. The summed E-state index contributed by atoms with van der Waals surface area (Å²) in [5.41, 5.74) is 0. The standard InChI is InChI=1S/Ce.5FH.H3N/h;5*1H;1H3/q+4;;;;;;/p-4. The Kier molecular flexibility index (Phi) is 14700. The minimum absolute atomic E-state index is 0. The Labute approximate surface area is 71.0 Å². The molecule has 0 saturated heterocycles. The molecule has 0 aliphatic carbocycles. The van der Waals surface area contributed by atoms with Crippen molar-refractivity contribution in [3.8, 4) is 0 Å². The van der Waals surface area contributed by atoms with Gasteiger partial charge in [-0.1, -0.05) is 0 Å². The molecule has 0 aliphatic rings. The second kappa shape index (κ2) is 257. The average Bonchev–Trinajstić information content (AvgIpc) is 0. The van der Waals surface area contributed by atoms with Crippen LogP contribution in [0.4, 0.5) is 0 Å². The van der Waals surface area contributed by atoms with Crippen LogP contribution in [0.15, 0.2) is 0 Å². The summed E-state index contributed by atoms with van der Waals surface area (Å²) in [6.07, 6.45) is 0. The SMILES string of the molecule is [Ce+4].[F-].[F-].[F-].[F-].[F-].[NH4+]. The normalized spacial score (nSPS) is 0. The molecule has 0 heterocycles. The second-order valence-electron chi connectivity index (χ2n) is 0. The maximum absolute atomic E-state index is 0. The van der Waals surface area contributed by atoms with Crippen LogP contribution in [0.1, 0.15) is 0 Å². The molecule has 0 aliphatic heterocycles. The van der Waals surface area contributed by atoms with E-state index in [1.54, 1.807) is 0 Å². The Morgan fingerprint density at radius 1 is 0.429 bits per heavy atom. The summed E-state index contributed by atoms with van der Waals surface area (Å²) >= 11 is 0. The van der Waals surface area contributed by atoms with E-state index in [2.05, 4.69) is 0 Å². The van der Waals surface area contributed by atoms with Crippen LogP contribution in [0.5, 0.6) is 0 Å². The fourth-order valence-corrected chi connectivity index (χ4v) is 0. The van der Waals surface area contributed by atoms with Crippen LogP contribution in [0.25, 0.3) is 0 Å². The van der Waals surface area contributed by atoms with E-state index in [0.29, 0.717) is 0 Å². The fraction of sp³-hybridized carbons (Fsp3) is 0. The van der Waals surface area contributed by atoms with Crippen LogP contribution in [-0.2, 0) is 0 Å². The van der Waals surface area contributed by atoms with Crippen molar-refractivity contribution >= 4 is 0 Å². The minimum atomic E-state index is 0. The summed E-state index contributed by atoms with van der Waals surface area (Å²) in [4.78, 5) is 0. The van der Waals surface area contributed by atoms with Gasteiger partial charge in [0.2, 0.25) is 0 Å². The molecule has 0 fully saturated rings. The van der Waals surface area contributed by atoms with Crippen molar-refractivity contribution < 1.29 is 65.3 Å². The summed E-state index contributed by atoms with van der Waals surface area (Å²) in [5, 5.41) is 0. The molecule has 0 rings (SSSR count). The van der Waals surface area contributed by atoms with Gasteiger partial charge in [-0.3, -0.25) is 0 Å². The Balaban J connectivity index is 0. The molecule has 48 valence electrons. The van der Waals surface area contributed by atoms with Crippen LogP contribution in [0.2, 0.25) is 0 Å². The number of hydrogen-bond acceptors (Lipinski definition) is 0. The van der Waals surface area contributed by atoms with Gasteiger partial charge in [-0.2, -0.15) is 0 Å². The van der Waals surface area contributed by atoms with Gasteiger partial charge in [-0.25, -0.2) is 0 Å². The molecule has 4 N–H and O–H groups in total. The molecule has 0 unspecified atom stereocenters. The second-order valence-corrected chi connectivity index (χ2v) is 0. The van der Waals surface area contributed by atoms with Gasteiger partial charge in [0.05, 0.1) is 0 Å². The molecule has 0 bridgehead atoms. The summed E-state index contributed by atoms with van der Waals surface area (Å²) in [6, 6.07) is 0. The van der Waals surface area contributed by atoms with E-state index in [0.717, 1.165) is 0 Å². The smallest absolute Gasteiger partial charge is 1.00 e. The number of halogens is 5. The number of quaternary nitrogens is 1. The van der Waals surface area contributed by atoms with Crippen molar-refractivity contribution in [2.45, 2.75) is 0 Å². The third-order valence-electron chi connectivity index (χ3n) is 0. The van der Waals surface area contributed by atoms with Crippen molar-refractivity contribution in [3.63, 3.8) is 0 Å². The van der Waals surface area contributed by atoms with Gasteiger partial charge < -0.3 is 29.7 Å². The van der Waals surface area contributed by atoms with Crippen molar-refractivity contribution in [1.29, 1.82) is 0 Å². The topological polar surface area (TPSA) is 36.5 Å². The molecule has 0 aromatic rings. The molecular weight excluding hydrogens is 249 g/mol. The van der Waals surface area contributed by atoms with Crippen LogP contribution in [0, 0.1) is 41.7 Å². The number of hydrogen-bond donors (Lipinski definition) is 1.